The van der Waals surface area contributed by atoms with Crippen molar-refractivity contribution in [3.05, 3.63) is 0 Å². The van der Waals surface area contributed by atoms with Gasteiger partial charge in [0.25, 0.3) is 0 Å². The van der Waals surface area contributed by atoms with Crippen molar-refractivity contribution < 1.29 is 19.5 Å². The number of carboxylic acid groups (broad SMARTS) is 1. The van der Waals surface area contributed by atoms with Gasteiger partial charge in [-0.05, 0) is 0 Å². The molecule has 7 heteroatoms. The van der Waals surface area contributed by atoms with Gasteiger partial charge in [0.05, 0.1) is 19.6 Å². The van der Waals surface area contributed by atoms with Crippen molar-refractivity contribution in [2.75, 3.05) is 19.6 Å². The molecular weight excluding hydrogens is 202 g/mol. The zero-order valence-corrected chi connectivity index (χ0v) is 7.90. The molecule has 0 saturated carbocycles. The molecule has 0 aliphatic rings. The topological polar surface area (TPSA) is 113 Å². The molecule has 15 heavy (non-hydrogen) atoms. The second kappa shape index (κ2) is 6.39. The van der Waals surface area contributed by atoms with Crippen LogP contribution in [0.1, 0.15) is 0 Å². The molecule has 0 atom stereocenters. The Morgan fingerprint density at radius 3 is 2.40 bits per heavy atom. The first-order chi connectivity index (χ1) is 6.95. The van der Waals surface area contributed by atoms with E-state index in [0.29, 0.717) is 0 Å². The van der Waals surface area contributed by atoms with Crippen molar-refractivity contribution in [3.63, 3.8) is 0 Å². The molecule has 7 nitrogen and oxygen atoms in total. The lowest BCUT2D eigenvalue weighted by atomic mass is 10.4. The van der Waals surface area contributed by atoms with Crippen molar-refractivity contribution in [1.29, 1.82) is 0 Å². The minimum absolute atomic E-state index is 0.00151. The smallest absolute Gasteiger partial charge is 0.318 e. The molecule has 0 bridgehead atoms. The normalized spacial score (nSPS) is 9.33. The summed E-state index contributed by atoms with van der Waals surface area (Å²) in [6.07, 6.45) is 4.97. The number of urea groups is 1. The third kappa shape index (κ3) is 7.04. The Morgan fingerprint density at radius 2 is 2.00 bits per heavy atom. The van der Waals surface area contributed by atoms with Crippen LogP contribution >= 0.6 is 0 Å². The Bertz CT molecular complexity index is 307. The molecular formula is C8H11N3O4. The van der Waals surface area contributed by atoms with Crippen LogP contribution in [0.15, 0.2) is 0 Å². The number of rotatable bonds is 5. The first-order valence-electron chi connectivity index (χ1n) is 3.92. The Labute approximate surface area is 86.2 Å². The number of nitrogens with two attached hydrogens (primary N) is 1. The highest BCUT2D eigenvalue weighted by atomic mass is 16.4. The number of primary amides is 1. The Balaban J connectivity index is 4.16. The number of hydrogen-bond donors (Lipinski definition) is 3. The lowest BCUT2D eigenvalue weighted by molar-refractivity contribution is -0.138. The van der Waals surface area contributed by atoms with Gasteiger partial charge in [-0.3, -0.25) is 19.8 Å². The maximum atomic E-state index is 11.0. The molecule has 0 aliphatic heterocycles. The largest absolute Gasteiger partial charge is 0.480 e. The Kier molecular flexibility index (Phi) is 5.51. The van der Waals surface area contributed by atoms with Gasteiger partial charge in [0.1, 0.15) is 0 Å². The number of aliphatic carboxylic acids is 1. The average Bonchev–Trinajstić information content (AvgIpc) is 2.00. The summed E-state index contributed by atoms with van der Waals surface area (Å²) in [5, 5.41) is 10.3. The summed E-state index contributed by atoms with van der Waals surface area (Å²) >= 11 is 0. The van der Waals surface area contributed by atoms with Gasteiger partial charge in [0.2, 0.25) is 5.91 Å². The number of terminal acetylenes is 1. The second-order valence-corrected chi connectivity index (χ2v) is 2.66. The highest BCUT2D eigenvalue weighted by Crippen LogP contribution is 1.86. The van der Waals surface area contributed by atoms with Crippen LogP contribution in [-0.4, -0.2) is 47.5 Å². The Hall–Kier alpha value is -2.07. The molecule has 0 saturated heterocycles. The van der Waals surface area contributed by atoms with E-state index >= 15 is 0 Å². The van der Waals surface area contributed by atoms with Crippen LogP contribution in [0.3, 0.4) is 0 Å². The van der Waals surface area contributed by atoms with Gasteiger partial charge < -0.3 is 10.8 Å². The molecule has 0 spiro atoms. The molecule has 0 radical (unpaired) electrons. The summed E-state index contributed by atoms with van der Waals surface area (Å²) in [6, 6.07) is -0.990. The van der Waals surface area contributed by atoms with E-state index in [2.05, 4.69) is 5.92 Å². The lowest BCUT2D eigenvalue weighted by Gasteiger charge is -2.15. The van der Waals surface area contributed by atoms with E-state index in [9.17, 15) is 14.4 Å². The third-order valence-electron chi connectivity index (χ3n) is 1.30. The number of nitrogens with zero attached hydrogens (tertiary/aromatic N) is 1. The molecule has 0 aromatic rings. The van der Waals surface area contributed by atoms with Crippen LogP contribution in [0.2, 0.25) is 0 Å². The number of carboxylic acids is 1. The second-order valence-electron chi connectivity index (χ2n) is 2.66. The number of amides is 3. The monoisotopic (exact) mass is 213 g/mol. The quantitative estimate of drug-likeness (QED) is 0.466. The van der Waals surface area contributed by atoms with Gasteiger partial charge in [-0.1, -0.05) is 5.92 Å². The van der Waals surface area contributed by atoms with Crippen molar-refractivity contribution in [1.82, 2.24) is 10.2 Å². The average molecular weight is 213 g/mol. The fraction of sp³-hybridized carbons (Fsp3) is 0.375. The van der Waals surface area contributed by atoms with Crippen LogP contribution in [0, 0.1) is 12.3 Å². The molecule has 4 N–H and O–H groups in total. The van der Waals surface area contributed by atoms with E-state index in [1.165, 1.54) is 4.90 Å². The molecule has 3 amide bonds. The van der Waals surface area contributed by atoms with E-state index < -0.39 is 17.9 Å². The minimum atomic E-state index is -1.11. The van der Waals surface area contributed by atoms with Gasteiger partial charge in [-0.25, -0.2) is 4.79 Å². The van der Waals surface area contributed by atoms with Crippen LogP contribution in [0.5, 0.6) is 0 Å². The maximum Gasteiger partial charge on any atom is 0.318 e. The Morgan fingerprint density at radius 1 is 1.40 bits per heavy atom. The number of carbonyl (C=O) groups excluding carboxylic acids is 2. The summed E-state index contributed by atoms with van der Waals surface area (Å²) in [5.41, 5.74) is 4.70. The van der Waals surface area contributed by atoms with Crippen molar-refractivity contribution in [3.8, 4) is 12.3 Å². The molecule has 0 aromatic carbocycles. The van der Waals surface area contributed by atoms with Gasteiger partial charge >= 0.3 is 12.0 Å². The molecule has 0 unspecified atom stereocenters. The zero-order valence-electron chi connectivity index (χ0n) is 7.90. The molecule has 0 heterocycles. The predicted octanol–water partition coefficient (Wildman–Crippen LogP) is -1.80. The van der Waals surface area contributed by atoms with E-state index in [4.69, 9.17) is 17.3 Å². The standard InChI is InChI=1S/C8H11N3O4/c1-2-3-11(5-7(13)14)4-6(12)10-8(9)15/h1H,3-5H2,(H,13,14)(H3,9,10,12,15). The van der Waals surface area contributed by atoms with Crippen molar-refractivity contribution in [2.24, 2.45) is 5.73 Å². The lowest BCUT2D eigenvalue weighted by Crippen LogP contribution is -2.43. The highest BCUT2D eigenvalue weighted by Gasteiger charge is 2.13. The number of hydrogen-bond acceptors (Lipinski definition) is 4. The maximum absolute atomic E-state index is 11.0. The number of imide groups is 1. The van der Waals surface area contributed by atoms with E-state index in [1.54, 1.807) is 5.32 Å². The zero-order chi connectivity index (χ0) is 11.8. The summed E-state index contributed by atoms with van der Waals surface area (Å²) in [4.78, 5) is 32.8. The van der Waals surface area contributed by atoms with Crippen LogP contribution in [0.4, 0.5) is 4.79 Å². The van der Waals surface area contributed by atoms with E-state index in [-0.39, 0.29) is 19.6 Å². The van der Waals surface area contributed by atoms with Crippen LogP contribution < -0.4 is 11.1 Å². The number of nitrogens with one attached hydrogen (secondary N) is 1. The van der Waals surface area contributed by atoms with Crippen molar-refractivity contribution in [2.45, 2.75) is 0 Å². The van der Waals surface area contributed by atoms with Crippen LogP contribution in [-0.2, 0) is 9.59 Å². The molecule has 0 fully saturated rings. The van der Waals surface area contributed by atoms with Crippen LogP contribution in [0.25, 0.3) is 0 Å². The third-order valence-corrected chi connectivity index (χ3v) is 1.30. The SMILES string of the molecule is C#CCN(CC(=O)O)CC(=O)NC(N)=O. The van der Waals surface area contributed by atoms with Crippen molar-refractivity contribution >= 4 is 17.9 Å². The van der Waals surface area contributed by atoms with Gasteiger partial charge in [-0.2, -0.15) is 0 Å². The fourth-order valence-corrected chi connectivity index (χ4v) is 0.868. The van der Waals surface area contributed by atoms with Gasteiger partial charge in [0.15, 0.2) is 0 Å². The molecule has 82 valence electrons. The van der Waals surface area contributed by atoms with Gasteiger partial charge in [-0.15, -0.1) is 6.42 Å². The summed E-state index contributed by atoms with van der Waals surface area (Å²) in [6.45, 7) is -0.672. The predicted molar refractivity (Wildman–Crippen MR) is 50.6 cm³/mol. The van der Waals surface area contributed by atoms with E-state index in [1.807, 2.05) is 0 Å². The summed E-state index contributed by atoms with van der Waals surface area (Å²) in [7, 11) is 0. The van der Waals surface area contributed by atoms with E-state index in [0.717, 1.165) is 0 Å². The first kappa shape index (κ1) is 12.9. The van der Waals surface area contributed by atoms with Gasteiger partial charge in [0, 0.05) is 0 Å². The number of carbonyl (C=O) groups is 3. The molecule has 0 aromatic heterocycles. The summed E-state index contributed by atoms with van der Waals surface area (Å²) < 4.78 is 0. The fourth-order valence-electron chi connectivity index (χ4n) is 0.868. The highest BCUT2D eigenvalue weighted by molar-refractivity contribution is 5.94. The minimum Gasteiger partial charge on any atom is -0.480 e. The summed E-state index contributed by atoms with van der Waals surface area (Å²) in [5.74, 6) is 0.389. The first-order valence-corrected chi connectivity index (χ1v) is 3.92. The molecule has 0 aliphatic carbocycles. The molecule has 0 rings (SSSR count).